The number of aliphatic hydroxyl groups excluding tert-OH is 1. The van der Waals surface area contributed by atoms with Crippen LogP contribution in [-0.4, -0.2) is 69.8 Å². The Labute approximate surface area is 201 Å². The van der Waals surface area contributed by atoms with Crippen molar-refractivity contribution in [2.24, 2.45) is 0 Å². The van der Waals surface area contributed by atoms with E-state index >= 15 is 0 Å². The van der Waals surface area contributed by atoms with Gasteiger partial charge in [-0.2, -0.15) is 0 Å². The maximum atomic E-state index is 12.8. The van der Waals surface area contributed by atoms with E-state index < -0.39 is 18.8 Å². The molecule has 2 N–H and O–H groups in total. The monoisotopic (exact) mass is 475 g/mol. The third kappa shape index (κ3) is 3.98. The van der Waals surface area contributed by atoms with E-state index in [0.717, 1.165) is 5.56 Å². The topological polar surface area (TPSA) is 116 Å². The fourth-order valence-electron chi connectivity index (χ4n) is 4.93. The number of amides is 1. The van der Waals surface area contributed by atoms with Crippen molar-refractivity contribution in [2.45, 2.75) is 13.0 Å². The lowest BCUT2D eigenvalue weighted by Crippen LogP contribution is -2.49. The van der Waals surface area contributed by atoms with E-state index in [1.807, 2.05) is 30.3 Å². The van der Waals surface area contributed by atoms with Gasteiger partial charge in [0.15, 0.2) is 6.79 Å². The first kappa shape index (κ1) is 22.8. The normalized spacial score (nSPS) is 15.4. The first-order valence-corrected chi connectivity index (χ1v) is 11.3. The Morgan fingerprint density at radius 1 is 1.09 bits per heavy atom. The van der Waals surface area contributed by atoms with Crippen LogP contribution in [0.4, 0.5) is 0 Å². The summed E-state index contributed by atoms with van der Waals surface area (Å²) in [5.41, 5.74) is 1.93. The number of ether oxygens (including phenoxy) is 1. The summed E-state index contributed by atoms with van der Waals surface area (Å²) in [7, 11) is 0. The Hall–Kier alpha value is -3.95. The summed E-state index contributed by atoms with van der Waals surface area (Å²) in [5, 5.41) is 22.5. The summed E-state index contributed by atoms with van der Waals surface area (Å²) in [4.78, 5) is 32.8. The number of aromatic hydroxyl groups is 1. The number of nitrogens with zero attached hydrogens (tertiary/aromatic N) is 3. The highest BCUT2D eigenvalue weighted by atomic mass is 16.6. The maximum absolute atomic E-state index is 12.8. The smallest absolute Gasteiger partial charge is 0.344 e. The highest BCUT2D eigenvalue weighted by molar-refractivity contribution is 6.16. The first-order valence-electron chi connectivity index (χ1n) is 11.3. The molecule has 3 heterocycles. The van der Waals surface area contributed by atoms with Crippen LogP contribution in [0.5, 0.6) is 5.75 Å². The predicted molar refractivity (Wildman–Crippen MR) is 128 cm³/mol. The van der Waals surface area contributed by atoms with Gasteiger partial charge in [0.05, 0.1) is 6.04 Å². The van der Waals surface area contributed by atoms with Crippen LogP contribution in [0, 0.1) is 0 Å². The molecule has 0 radical (unpaired) electrons. The second kappa shape index (κ2) is 9.36. The van der Waals surface area contributed by atoms with Gasteiger partial charge >= 0.3 is 5.97 Å². The number of esters is 1. The van der Waals surface area contributed by atoms with E-state index in [0.29, 0.717) is 53.5 Å². The number of hydrogen-bond acceptors (Lipinski definition) is 8. The van der Waals surface area contributed by atoms with Crippen LogP contribution >= 0.6 is 0 Å². The van der Waals surface area contributed by atoms with Gasteiger partial charge in [0.1, 0.15) is 23.2 Å². The van der Waals surface area contributed by atoms with Crippen LogP contribution in [0.2, 0.25) is 0 Å². The number of aromatic nitrogens is 1. The molecule has 0 bridgehead atoms. The van der Waals surface area contributed by atoms with Gasteiger partial charge in [-0.05, 0) is 17.7 Å². The van der Waals surface area contributed by atoms with E-state index in [9.17, 15) is 19.8 Å². The van der Waals surface area contributed by atoms with Crippen LogP contribution in [0.15, 0.2) is 59.5 Å². The number of carbonyl (C=O) groups excluding carboxylic acids is 2. The van der Waals surface area contributed by atoms with Crippen LogP contribution in [-0.2, 0) is 9.53 Å². The summed E-state index contributed by atoms with van der Waals surface area (Å²) in [5.74, 6) is -0.703. The van der Waals surface area contributed by atoms with Crippen molar-refractivity contribution in [2.75, 3.05) is 33.0 Å². The van der Waals surface area contributed by atoms with Gasteiger partial charge in [-0.1, -0.05) is 24.3 Å². The van der Waals surface area contributed by atoms with Gasteiger partial charge in [0.25, 0.3) is 0 Å². The van der Waals surface area contributed by atoms with Crippen molar-refractivity contribution < 1.29 is 29.0 Å². The van der Waals surface area contributed by atoms with Gasteiger partial charge < -0.3 is 24.3 Å². The molecule has 9 heteroatoms. The molecular weight excluding hydrogens is 450 g/mol. The van der Waals surface area contributed by atoms with E-state index in [-0.39, 0.29) is 17.2 Å². The molecule has 0 spiro atoms. The highest BCUT2D eigenvalue weighted by Crippen LogP contribution is 2.46. The molecule has 1 unspecified atom stereocenters. The molecule has 1 saturated heterocycles. The lowest BCUT2D eigenvalue weighted by molar-refractivity contribution is -0.130. The summed E-state index contributed by atoms with van der Waals surface area (Å²) in [6.07, 6.45) is 4.66. The molecule has 1 atom stereocenters. The zero-order valence-corrected chi connectivity index (χ0v) is 19.2. The average Bonchev–Trinajstić information content (AvgIpc) is 3.32. The molecule has 4 aromatic rings. The first-order chi connectivity index (χ1) is 17.0. The maximum Gasteiger partial charge on any atom is 0.344 e. The average molecular weight is 476 g/mol. The van der Waals surface area contributed by atoms with Crippen molar-refractivity contribution in [1.82, 2.24) is 14.8 Å². The number of carbonyl (C=O) groups is 2. The Bertz CT molecular complexity index is 1390. The fraction of sp³-hybridized carbons (Fsp3) is 0.269. The molecule has 1 aliphatic heterocycles. The van der Waals surface area contributed by atoms with Gasteiger partial charge in [-0.3, -0.25) is 14.7 Å². The predicted octanol–water partition coefficient (Wildman–Crippen LogP) is 3.05. The van der Waals surface area contributed by atoms with Gasteiger partial charge in [0.2, 0.25) is 5.91 Å². The molecule has 1 amide bonds. The van der Waals surface area contributed by atoms with Crippen molar-refractivity contribution >= 4 is 33.6 Å². The van der Waals surface area contributed by atoms with E-state index in [1.165, 1.54) is 6.26 Å². The number of hydrogen-bond donors (Lipinski definition) is 2. The Morgan fingerprint density at radius 2 is 1.77 bits per heavy atom. The minimum atomic E-state index is -0.777. The van der Waals surface area contributed by atoms with Gasteiger partial charge in [-0.15, -0.1) is 0 Å². The van der Waals surface area contributed by atoms with E-state index in [1.54, 1.807) is 30.3 Å². The number of rotatable bonds is 5. The molecule has 5 rings (SSSR count). The Kier molecular flexibility index (Phi) is 6.10. The molecule has 2 aromatic heterocycles. The number of fused-ring (bicyclic) bond motifs is 3. The fourth-order valence-corrected chi connectivity index (χ4v) is 4.93. The number of aliphatic hydroxyl groups is 1. The number of pyridine rings is 1. The molecular formula is C26H25N3O6. The zero-order chi connectivity index (χ0) is 24.5. The van der Waals surface area contributed by atoms with Crippen LogP contribution in [0.1, 0.15) is 34.5 Å². The summed E-state index contributed by atoms with van der Waals surface area (Å²) >= 11 is 0. The molecule has 2 aromatic carbocycles. The Balaban J connectivity index is 1.78. The van der Waals surface area contributed by atoms with E-state index in [2.05, 4.69) is 9.88 Å². The second-order valence-corrected chi connectivity index (χ2v) is 8.45. The molecule has 1 fully saturated rings. The number of phenols is 1. The second-order valence-electron chi connectivity index (χ2n) is 8.45. The summed E-state index contributed by atoms with van der Waals surface area (Å²) < 4.78 is 10.7. The SMILES string of the molecule is CC(=O)N1CCN(C(c2ccncc2)c2c(O)c3ccccc3c3occ(C(=O)OCO)c23)CC1. The number of phenolic OH excluding ortho intramolecular Hbond substituents is 1. The molecule has 35 heavy (non-hydrogen) atoms. The largest absolute Gasteiger partial charge is 0.507 e. The lowest BCUT2D eigenvalue weighted by atomic mass is 9.89. The highest BCUT2D eigenvalue weighted by Gasteiger charge is 2.34. The van der Waals surface area contributed by atoms with Gasteiger partial charge in [0, 0.05) is 67.2 Å². The van der Waals surface area contributed by atoms with E-state index in [4.69, 9.17) is 9.15 Å². The molecule has 0 aliphatic carbocycles. The third-order valence-corrected chi connectivity index (χ3v) is 6.58. The van der Waals surface area contributed by atoms with Crippen LogP contribution in [0.25, 0.3) is 21.7 Å². The molecule has 9 nitrogen and oxygen atoms in total. The lowest BCUT2D eigenvalue weighted by Gasteiger charge is -2.40. The van der Waals surface area contributed by atoms with Crippen LogP contribution in [0.3, 0.4) is 0 Å². The minimum Gasteiger partial charge on any atom is -0.507 e. The quantitative estimate of drug-likeness (QED) is 0.334. The molecule has 1 aliphatic rings. The van der Waals surface area contributed by atoms with Crippen molar-refractivity contribution in [3.63, 3.8) is 0 Å². The number of piperazine rings is 1. The van der Waals surface area contributed by atoms with Crippen molar-refractivity contribution in [1.29, 1.82) is 0 Å². The van der Waals surface area contributed by atoms with Gasteiger partial charge in [-0.25, -0.2) is 4.79 Å². The summed E-state index contributed by atoms with van der Waals surface area (Å²) in [6.45, 7) is 2.99. The molecule has 0 saturated carbocycles. The Morgan fingerprint density at radius 3 is 2.43 bits per heavy atom. The van der Waals surface area contributed by atoms with Crippen molar-refractivity contribution in [3.8, 4) is 5.75 Å². The third-order valence-electron chi connectivity index (χ3n) is 6.58. The standard InChI is InChI=1S/C26H25N3O6/c1-16(31)28-10-12-29(13-11-28)23(17-6-8-27-9-7-17)22-21-20(26(33)35-15-30)14-34-25(21)19-5-3-2-4-18(19)24(22)32/h2-9,14,23,30,32H,10-13,15H2,1H3. The summed E-state index contributed by atoms with van der Waals surface area (Å²) in [6, 6.07) is 10.6. The van der Waals surface area contributed by atoms with Crippen molar-refractivity contribution in [3.05, 3.63) is 71.7 Å². The number of benzene rings is 2. The zero-order valence-electron chi connectivity index (χ0n) is 19.2. The number of furan rings is 1. The molecule has 180 valence electrons. The van der Waals surface area contributed by atoms with Crippen LogP contribution < -0.4 is 0 Å². The minimum absolute atomic E-state index is 0.0184.